The summed E-state index contributed by atoms with van der Waals surface area (Å²) in [5, 5.41) is 2.52. The molecule has 3 fully saturated rings. The molecule has 2 N–H and O–H groups in total. The standard InChI is InChI=1S/C21H41N3/c1-16-11-13-19(14-12-16)22-24(20-9-6-7-17(2)15-20)23-21-10-5-4-8-18(21)3/h16-23H,4-15H2,1-3H3. The Morgan fingerprint density at radius 2 is 1.42 bits per heavy atom. The van der Waals surface area contributed by atoms with Crippen LogP contribution in [0.4, 0.5) is 0 Å². The Balaban J connectivity index is 1.61. The zero-order chi connectivity index (χ0) is 16.9. The largest absolute Gasteiger partial charge is 0.238 e. The molecule has 3 aliphatic rings. The minimum absolute atomic E-state index is 0.672. The quantitative estimate of drug-likeness (QED) is 0.690. The fourth-order valence-corrected chi connectivity index (χ4v) is 5.16. The van der Waals surface area contributed by atoms with Gasteiger partial charge in [-0.15, -0.1) is 0 Å². The molecule has 24 heavy (non-hydrogen) atoms. The van der Waals surface area contributed by atoms with Gasteiger partial charge in [-0.1, -0.05) is 46.5 Å². The maximum atomic E-state index is 3.98. The van der Waals surface area contributed by atoms with Crippen LogP contribution in [0.2, 0.25) is 0 Å². The lowest BCUT2D eigenvalue weighted by Crippen LogP contribution is -2.62. The first-order chi connectivity index (χ1) is 11.6. The van der Waals surface area contributed by atoms with Crippen molar-refractivity contribution >= 4 is 0 Å². The highest BCUT2D eigenvalue weighted by Gasteiger charge is 2.31. The van der Waals surface area contributed by atoms with E-state index in [2.05, 4.69) is 36.7 Å². The molecule has 0 heterocycles. The molecular weight excluding hydrogens is 294 g/mol. The maximum absolute atomic E-state index is 3.98. The monoisotopic (exact) mass is 335 g/mol. The van der Waals surface area contributed by atoms with E-state index in [9.17, 15) is 0 Å². The van der Waals surface area contributed by atoms with E-state index in [-0.39, 0.29) is 0 Å². The van der Waals surface area contributed by atoms with Gasteiger partial charge in [0.2, 0.25) is 0 Å². The molecule has 140 valence electrons. The lowest BCUT2D eigenvalue weighted by molar-refractivity contribution is -0.0221. The molecule has 4 atom stereocenters. The van der Waals surface area contributed by atoms with Crippen molar-refractivity contribution in [3.8, 4) is 0 Å². The third-order valence-electron chi connectivity index (χ3n) is 7.03. The first kappa shape index (κ1) is 18.7. The molecule has 0 aromatic carbocycles. The van der Waals surface area contributed by atoms with E-state index in [1.54, 1.807) is 0 Å². The van der Waals surface area contributed by atoms with E-state index >= 15 is 0 Å². The summed E-state index contributed by atoms with van der Waals surface area (Å²) in [4.78, 5) is 0. The second-order valence-corrected chi connectivity index (χ2v) is 9.38. The van der Waals surface area contributed by atoms with Crippen LogP contribution in [0, 0.1) is 17.8 Å². The predicted octanol–water partition coefficient (Wildman–Crippen LogP) is 5.03. The van der Waals surface area contributed by atoms with Crippen molar-refractivity contribution in [3.05, 3.63) is 0 Å². The molecule has 3 nitrogen and oxygen atoms in total. The van der Waals surface area contributed by atoms with Gasteiger partial charge in [-0.3, -0.25) is 0 Å². The zero-order valence-electron chi connectivity index (χ0n) is 16.4. The average molecular weight is 336 g/mol. The molecule has 0 radical (unpaired) electrons. The van der Waals surface area contributed by atoms with Crippen LogP contribution >= 0.6 is 0 Å². The van der Waals surface area contributed by atoms with Crippen LogP contribution < -0.4 is 10.9 Å². The van der Waals surface area contributed by atoms with Crippen LogP contribution in [0.15, 0.2) is 0 Å². The van der Waals surface area contributed by atoms with Crippen molar-refractivity contribution in [2.24, 2.45) is 17.8 Å². The first-order valence-electron chi connectivity index (χ1n) is 10.9. The third kappa shape index (κ3) is 5.19. The Bertz CT molecular complexity index is 364. The van der Waals surface area contributed by atoms with Crippen LogP contribution in [-0.4, -0.2) is 23.2 Å². The van der Waals surface area contributed by atoms with E-state index in [0.29, 0.717) is 18.1 Å². The number of rotatable bonds is 5. The number of nitrogens with one attached hydrogen (secondary N) is 2. The van der Waals surface area contributed by atoms with Crippen LogP contribution in [0.1, 0.15) is 97.8 Å². The smallest absolute Gasteiger partial charge is 0.0402 e. The Hall–Kier alpha value is -0.120. The summed E-state index contributed by atoms with van der Waals surface area (Å²) in [6.07, 6.45) is 16.6. The fourth-order valence-electron chi connectivity index (χ4n) is 5.16. The Morgan fingerprint density at radius 3 is 2.12 bits per heavy atom. The van der Waals surface area contributed by atoms with Gasteiger partial charge in [0.15, 0.2) is 0 Å². The summed E-state index contributed by atoms with van der Waals surface area (Å²) < 4.78 is 0. The van der Waals surface area contributed by atoms with Gasteiger partial charge in [-0.25, -0.2) is 10.9 Å². The maximum Gasteiger partial charge on any atom is 0.0402 e. The van der Waals surface area contributed by atoms with Crippen molar-refractivity contribution in [2.75, 3.05) is 0 Å². The molecule has 3 heteroatoms. The first-order valence-corrected chi connectivity index (χ1v) is 10.9. The van der Waals surface area contributed by atoms with Crippen molar-refractivity contribution in [3.63, 3.8) is 0 Å². The Morgan fingerprint density at radius 1 is 0.667 bits per heavy atom. The second kappa shape index (κ2) is 9.00. The highest BCUT2D eigenvalue weighted by molar-refractivity contribution is 4.83. The Labute approximate surface area is 150 Å². The molecule has 3 rings (SSSR count). The van der Waals surface area contributed by atoms with E-state index in [4.69, 9.17) is 0 Å². The topological polar surface area (TPSA) is 27.3 Å². The number of hydrogen-bond donors (Lipinski definition) is 2. The van der Waals surface area contributed by atoms with E-state index in [1.165, 1.54) is 77.0 Å². The van der Waals surface area contributed by atoms with Gasteiger partial charge in [-0.05, 0) is 69.1 Å². The van der Waals surface area contributed by atoms with E-state index < -0.39 is 0 Å². The molecule has 0 bridgehead atoms. The lowest BCUT2D eigenvalue weighted by atomic mass is 9.85. The molecule has 0 amide bonds. The van der Waals surface area contributed by atoms with Gasteiger partial charge in [0.1, 0.15) is 0 Å². The summed E-state index contributed by atoms with van der Waals surface area (Å²) in [7, 11) is 0. The zero-order valence-corrected chi connectivity index (χ0v) is 16.4. The molecule has 0 aliphatic heterocycles. The summed E-state index contributed by atoms with van der Waals surface area (Å²) in [6, 6.07) is 2.04. The van der Waals surface area contributed by atoms with Crippen molar-refractivity contribution in [2.45, 2.75) is 116 Å². The second-order valence-electron chi connectivity index (χ2n) is 9.38. The SMILES string of the molecule is CC1CCC(NN(NC2CCCCC2C)C2CCCC(C)C2)CC1. The minimum Gasteiger partial charge on any atom is -0.238 e. The highest BCUT2D eigenvalue weighted by Crippen LogP contribution is 2.30. The lowest BCUT2D eigenvalue weighted by Gasteiger charge is -2.43. The van der Waals surface area contributed by atoms with Crippen LogP contribution in [0.3, 0.4) is 0 Å². The summed E-state index contributed by atoms with van der Waals surface area (Å²) in [5.74, 6) is 2.62. The molecule has 0 aromatic rings. The van der Waals surface area contributed by atoms with Gasteiger partial charge < -0.3 is 0 Å². The molecule has 0 saturated heterocycles. The van der Waals surface area contributed by atoms with Crippen LogP contribution in [-0.2, 0) is 0 Å². The molecular formula is C21H41N3. The fraction of sp³-hybridized carbons (Fsp3) is 1.00. The van der Waals surface area contributed by atoms with Crippen LogP contribution in [0.5, 0.6) is 0 Å². The van der Waals surface area contributed by atoms with Gasteiger partial charge in [-0.2, -0.15) is 5.12 Å². The summed E-state index contributed by atoms with van der Waals surface area (Å²) >= 11 is 0. The summed E-state index contributed by atoms with van der Waals surface area (Å²) in [6.45, 7) is 7.30. The Kier molecular flexibility index (Phi) is 7.00. The predicted molar refractivity (Wildman–Crippen MR) is 102 cm³/mol. The van der Waals surface area contributed by atoms with Gasteiger partial charge in [0.05, 0.1) is 0 Å². The number of hydrazine groups is 2. The summed E-state index contributed by atoms with van der Waals surface area (Å²) in [5.41, 5.74) is 7.93. The normalized spacial score (nSPS) is 41.5. The third-order valence-corrected chi connectivity index (χ3v) is 7.03. The van der Waals surface area contributed by atoms with Gasteiger partial charge in [0, 0.05) is 18.1 Å². The molecule has 0 aromatic heterocycles. The van der Waals surface area contributed by atoms with Gasteiger partial charge >= 0.3 is 0 Å². The average Bonchev–Trinajstić information content (AvgIpc) is 2.58. The highest BCUT2D eigenvalue weighted by atomic mass is 15.7. The van der Waals surface area contributed by atoms with Crippen molar-refractivity contribution in [1.29, 1.82) is 0 Å². The molecule has 4 unspecified atom stereocenters. The van der Waals surface area contributed by atoms with Crippen molar-refractivity contribution in [1.82, 2.24) is 16.0 Å². The number of nitrogens with zero attached hydrogens (tertiary/aromatic N) is 1. The molecule has 0 spiro atoms. The van der Waals surface area contributed by atoms with Gasteiger partial charge in [0.25, 0.3) is 0 Å². The van der Waals surface area contributed by atoms with Crippen LogP contribution in [0.25, 0.3) is 0 Å². The van der Waals surface area contributed by atoms with Crippen molar-refractivity contribution < 1.29 is 0 Å². The number of hydrogen-bond acceptors (Lipinski definition) is 3. The van der Waals surface area contributed by atoms with E-state index in [1.807, 2.05) is 0 Å². The minimum atomic E-state index is 0.672. The van der Waals surface area contributed by atoms with E-state index in [0.717, 1.165) is 17.8 Å². The molecule has 3 aliphatic carbocycles. The molecule has 3 saturated carbocycles.